The highest BCUT2D eigenvalue weighted by Gasteiger charge is 2.21. The molecule has 0 aromatic rings. The molecular formula is C11H26NO+. The predicted molar refractivity (Wildman–Crippen MR) is 57.7 cm³/mol. The molecule has 0 atom stereocenters. The number of likely N-dealkylation sites (N-methyl/N-ethyl adjacent to an activating group) is 1. The molecule has 0 aromatic heterocycles. The van der Waals surface area contributed by atoms with Crippen LogP contribution in [0.4, 0.5) is 0 Å². The molecule has 0 unspecified atom stereocenters. The van der Waals surface area contributed by atoms with Gasteiger partial charge in [-0.2, -0.15) is 0 Å². The van der Waals surface area contributed by atoms with E-state index >= 15 is 0 Å². The summed E-state index contributed by atoms with van der Waals surface area (Å²) in [5.74, 6) is 0. The normalized spacial score (nSPS) is 12.0. The standard InChI is InChI=1S/C11H26NO/c1-4-7-8-9-12(5-2,6-3)10-11-13/h13H,4-11H2,1-3H3/q+1. The third kappa shape index (κ3) is 4.63. The highest BCUT2D eigenvalue weighted by atomic mass is 16.3. The van der Waals surface area contributed by atoms with Crippen LogP contribution in [0.25, 0.3) is 0 Å². The average Bonchev–Trinajstić information content (AvgIpc) is 2.17. The topological polar surface area (TPSA) is 20.2 Å². The fourth-order valence-electron chi connectivity index (χ4n) is 1.88. The molecule has 0 rings (SSSR count). The molecule has 0 saturated carbocycles. The van der Waals surface area contributed by atoms with Crippen LogP contribution in [0.5, 0.6) is 0 Å². The molecule has 0 saturated heterocycles. The molecule has 0 aromatic carbocycles. The zero-order valence-electron chi connectivity index (χ0n) is 9.55. The Bertz CT molecular complexity index is 111. The van der Waals surface area contributed by atoms with Gasteiger partial charge in [0, 0.05) is 0 Å². The van der Waals surface area contributed by atoms with E-state index in [-0.39, 0.29) is 0 Å². The van der Waals surface area contributed by atoms with E-state index in [0.717, 1.165) is 24.1 Å². The van der Waals surface area contributed by atoms with Gasteiger partial charge in [0.15, 0.2) is 0 Å². The van der Waals surface area contributed by atoms with Gasteiger partial charge in [-0.25, -0.2) is 0 Å². The first-order valence-corrected chi connectivity index (χ1v) is 5.70. The molecule has 80 valence electrons. The first-order valence-electron chi connectivity index (χ1n) is 5.70. The van der Waals surface area contributed by atoms with E-state index in [1.807, 2.05) is 0 Å². The molecule has 2 heteroatoms. The van der Waals surface area contributed by atoms with E-state index in [1.165, 1.54) is 25.8 Å². The van der Waals surface area contributed by atoms with E-state index in [9.17, 15) is 0 Å². The van der Waals surface area contributed by atoms with E-state index in [2.05, 4.69) is 20.8 Å². The van der Waals surface area contributed by atoms with Crippen molar-refractivity contribution in [2.24, 2.45) is 0 Å². The summed E-state index contributed by atoms with van der Waals surface area (Å²) in [6.07, 6.45) is 3.91. The lowest BCUT2D eigenvalue weighted by molar-refractivity contribution is -0.925. The van der Waals surface area contributed by atoms with Crippen LogP contribution < -0.4 is 0 Å². The Kier molecular flexibility index (Phi) is 7.29. The van der Waals surface area contributed by atoms with Crippen molar-refractivity contribution < 1.29 is 9.59 Å². The zero-order valence-corrected chi connectivity index (χ0v) is 9.55. The lowest BCUT2D eigenvalue weighted by Gasteiger charge is -2.36. The van der Waals surface area contributed by atoms with Gasteiger partial charge < -0.3 is 9.59 Å². The molecule has 0 spiro atoms. The van der Waals surface area contributed by atoms with Crippen LogP contribution in [-0.2, 0) is 0 Å². The molecule has 0 aliphatic heterocycles. The van der Waals surface area contributed by atoms with Gasteiger partial charge in [0.2, 0.25) is 0 Å². The summed E-state index contributed by atoms with van der Waals surface area (Å²) in [4.78, 5) is 0. The maximum Gasteiger partial charge on any atom is 0.102 e. The Hall–Kier alpha value is -0.0800. The highest BCUT2D eigenvalue weighted by Crippen LogP contribution is 2.09. The number of hydrogen-bond donors (Lipinski definition) is 1. The van der Waals surface area contributed by atoms with Crippen LogP contribution in [-0.4, -0.2) is 42.4 Å². The maximum atomic E-state index is 9.01. The quantitative estimate of drug-likeness (QED) is 0.456. The molecule has 0 amide bonds. The molecular weight excluding hydrogens is 162 g/mol. The molecule has 13 heavy (non-hydrogen) atoms. The Balaban J connectivity index is 3.89. The number of rotatable bonds is 8. The largest absolute Gasteiger partial charge is 0.391 e. The highest BCUT2D eigenvalue weighted by molar-refractivity contribution is 4.43. The Morgan fingerprint density at radius 3 is 1.92 bits per heavy atom. The Morgan fingerprint density at radius 2 is 1.54 bits per heavy atom. The number of aliphatic hydroxyl groups is 1. The van der Waals surface area contributed by atoms with Crippen molar-refractivity contribution >= 4 is 0 Å². The van der Waals surface area contributed by atoms with Crippen LogP contribution in [0.2, 0.25) is 0 Å². The minimum atomic E-state index is 0.327. The molecule has 0 radical (unpaired) electrons. The fraction of sp³-hybridized carbons (Fsp3) is 1.00. The first-order chi connectivity index (χ1) is 6.24. The average molecular weight is 188 g/mol. The van der Waals surface area contributed by atoms with Crippen LogP contribution >= 0.6 is 0 Å². The number of aliphatic hydroxyl groups excluding tert-OH is 1. The lowest BCUT2D eigenvalue weighted by atomic mass is 10.2. The van der Waals surface area contributed by atoms with Gasteiger partial charge in [-0.15, -0.1) is 0 Å². The fourth-order valence-corrected chi connectivity index (χ4v) is 1.88. The van der Waals surface area contributed by atoms with Crippen LogP contribution in [0, 0.1) is 0 Å². The van der Waals surface area contributed by atoms with E-state index in [4.69, 9.17) is 5.11 Å². The lowest BCUT2D eigenvalue weighted by Crippen LogP contribution is -2.50. The summed E-state index contributed by atoms with van der Waals surface area (Å²) in [5, 5.41) is 9.01. The SMILES string of the molecule is CCCCC[N+](CC)(CC)CCO. The van der Waals surface area contributed by atoms with Crippen molar-refractivity contribution in [1.82, 2.24) is 0 Å². The Labute approximate surface area is 83.2 Å². The minimum Gasteiger partial charge on any atom is -0.391 e. The van der Waals surface area contributed by atoms with Gasteiger partial charge >= 0.3 is 0 Å². The summed E-state index contributed by atoms with van der Waals surface area (Å²) < 4.78 is 1.09. The second-order valence-electron chi connectivity index (χ2n) is 3.85. The van der Waals surface area contributed by atoms with Gasteiger partial charge in [0.05, 0.1) is 26.2 Å². The molecule has 0 heterocycles. The molecule has 0 aliphatic carbocycles. The second-order valence-corrected chi connectivity index (χ2v) is 3.85. The van der Waals surface area contributed by atoms with Crippen molar-refractivity contribution in [3.63, 3.8) is 0 Å². The maximum absolute atomic E-state index is 9.01. The smallest absolute Gasteiger partial charge is 0.102 e. The van der Waals surface area contributed by atoms with Crippen molar-refractivity contribution in [2.45, 2.75) is 40.0 Å². The Morgan fingerprint density at radius 1 is 0.923 bits per heavy atom. The third-order valence-corrected chi connectivity index (χ3v) is 3.15. The number of nitrogens with zero attached hydrogens (tertiary/aromatic N) is 1. The minimum absolute atomic E-state index is 0.327. The summed E-state index contributed by atoms with van der Waals surface area (Å²) in [7, 11) is 0. The third-order valence-electron chi connectivity index (χ3n) is 3.15. The number of unbranched alkanes of at least 4 members (excludes halogenated alkanes) is 2. The molecule has 2 nitrogen and oxygen atoms in total. The number of quaternary nitrogens is 1. The summed E-state index contributed by atoms with van der Waals surface area (Å²) in [6, 6.07) is 0. The van der Waals surface area contributed by atoms with Crippen LogP contribution in [0.15, 0.2) is 0 Å². The van der Waals surface area contributed by atoms with Crippen molar-refractivity contribution in [2.75, 3.05) is 32.8 Å². The molecule has 0 bridgehead atoms. The van der Waals surface area contributed by atoms with Gasteiger partial charge in [-0.05, 0) is 26.7 Å². The second kappa shape index (κ2) is 7.34. The molecule has 1 N–H and O–H groups in total. The van der Waals surface area contributed by atoms with Crippen molar-refractivity contribution in [3.05, 3.63) is 0 Å². The van der Waals surface area contributed by atoms with E-state index < -0.39 is 0 Å². The van der Waals surface area contributed by atoms with Gasteiger partial charge in [-0.1, -0.05) is 13.3 Å². The molecule has 0 aliphatic rings. The van der Waals surface area contributed by atoms with E-state index in [1.54, 1.807) is 0 Å². The zero-order chi connectivity index (χ0) is 10.2. The van der Waals surface area contributed by atoms with Crippen molar-refractivity contribution in [3.8, 4) is 0 Å². The van der Waals surface area contributed by atoms with Crippen molar-refractivity contribution in [1.29, 1.82) is 0 Å². The monoisotopic (exact) mass is 188 g/mol. The van der Waals surface area contributed by atoms with Gasteiger partial charge in [-0.3, -0.25) is 0 Å². The van der Waals surface area contributed by atoms with Crippen LogP contribution in [0.3, 0.4) is 0 Å². The van der Waals surface area contributed by atoms with Gasteiger partial charge in [0.25, 0.3) is 0 Å². The molecule has 0 fully saturated rings. The van der Waals surface area contributed by atoms with Gasteiger partial charge in [0.1, 0.15) is 6.54 Å². The summed E-state index contributed by atoms with van der Waals surface area (Å²) in [6.45, 7) is 11.5. The number of hydrogen-bond acceptors (Lipinski definition) is 1. The van der Waals surface area contributed by atoms with E-state index in [0.29, 0.717) is 6.61 Å². The summed E-state index contributed by atoms with van der Waals surface area (Å²) in [5.41, 5.74) is 0. The first kappa shape index (κ1) is 12.9. The summed E-state index contributed by atoms with van der Waals surface area (Å²) >= 11 is 0. The van der Waals surface area contributed by atoms with Crippen LogP contribution in [0.1, 0.15) is 40.0 Å². The predicted octanol–water partition coefficient (Wildman–Crippen LogP) is 2.03.